The summed E-state index contributed by atoms with van der Waals surface area (Å²) >= 11 is 1.74. The number of likely N-dealkylation sites (N-methyl/N-ethyl adjacent to an activating group) is 1. The molecule has 1 rings (SSSR count). The number of nitrogens with one attached hydrogen (secondary N) is 1. The Morgan fingerprint density at radius 3 is 2.75 bits per heavy atom. The quantitative estimate of drug-likeness (QED) is 0.726. The van der Waals surface area contributed by atoms with Crippen LogP contribution < -0.4 is 5.32 Å². The van der Waals surface area contributed by atoms with Crippen LogP contribution in [0.3, 0.4) is 0 Å². The van der Waals surface area contributed by atoms with Crippen LogP contribution in [0.4, 0.5) is 0 Å². The van der Waals surface area contributed by atoms with Gasteiger partial charge in [-0.05, 0) is 24.5 Å². The van der Waals surface area contributed by atoms with Gasteiger partial charge in [-0.1, -0.05) is 19.9 Å². The van der Waals surface area contributed by atoms with Gasteiger partial charge in [-0.2, -0.15) is 0 Å². The Morgan fingerprint density at radius 2 is 2.19 bits per heavy atom. The molecule has 0 fully saturated rings. The second-order valence-electron chi connectivity index (χ2n) is 3.85. The maximum atomic E-state index is 9.81. The van der Waals surface area contributed by atoms with Crippen LogP contribution in [0.25, 0.3) is 0 Å². The zero-order chi connectivity index (χ0) is 11.8. The van der Waals surface area contributed by atoms with Crippen LogP contribution in [0, 0.1) is 0 Å². The van der Waals surface area contributed by atoms with Gasteiger partial charge in [0, 0.05) is 24.5 Å². The number of thiophene rings is 1. The topological polar surface area (TPSA) is 35.5 Å². The first-order chi connectivity index (χ1) is 7.76. The summed E-state index contributed by atoms with van der Waals surface area (Å²) in [5, 5.41) is 15.2. The largest absolute Gasteiger partial charge is 0.390 e. The minimum atomic E-state index is -0.278. The summed E-state index contributed by atoms with van der Waals surface area (Å²) in [5.41, 5.74) is 0. The summed E-state index contributed by atoms with van der Waals surface area (Å²) in [6, 6.07) is 4.16. The number of aliphatic hydroxyl groups is 1. The first kappa shape index (κ1) is 13.6. The van der Waals surface area contributed by atoms with Gasteiger partial charge in [-0.3, -0.25) is 0 Å². The third-order valence-corrected chi connectivity index (χ3v) is 3.50. The maximum Gasteiger partial charge on any atom is 0.0791 e. The van der Waals surface area contributed by atoms with E-state index in [1.165, 1.54) is 4.88 Å². The molecule has 0 aliphatic heterocycles. The van der Waals surface area contributed by atoms with Crippen molar-refractivity contribution in [3.63, 3.8) is 0 Å². The molecule has 1 atom stereocenters. The molecule has 0 amide bonds. The lowest BCUT2D eigenvalue weighted by atomic mass is 10.3. The summed E-state index contributed by atoms with van der Waals surface area (Å²) < 4.78 is 0. The van der Waals surface area contributed by atoms with E-state index in [0.29, 0.717) is 6.54 Å². The molecule has 1 aromatic rings. The Labute approximate surface area is 102 Å². The number of hydrogen-bond donors (Lipinski definition) is 2. The molecule has 0 saturated carbocycles. The van der Waals surface area contributed by atoms with Gasteiger partial charge in [-0.25, -0.2) is 0 Å². The fourth-order valence-corrected chi connectivity index (χ4v) is 2.29. The van der Waals surface area contributed by atoms with Gasteiger partial charge in [0.25, 0.3) is 0 Å². The Bertz CT molecular complexity index is 260. The van der Waals surface area contributed by atoms with Crippen LogP contribution in [0.2, 0.25) is 0 Å². The van der Waals surface area contributed by atoms with Crippen LogP contribution >= 0.6 is 11.3 Å². The third-order valence-electron chi connectivity index (χ3n) is 2.62. The molecule has 2 N–H and O–H groups in total. The van der Waals surface area contributed by atoms with E-state index in [1.54, 1.807) is 11.3 Å². The predicted molar refractivity (Wildman–Crippen MR) is 69.8 cm³/mol. The lowest BCUT2D eigenvalue weighted by Gasteiger charge is -2.21. The van der Waals surface area contributed by atoms with Crippen molar-refractivity contribution in [3.8, 4) is 0 Å². The number of aliphatic hydroxyl groups excluding tert-OH is 1. The van der Waals surface area contributed by atoms with Crippen LogP contribution in [-0.4, -0.2) is 42.3 Å². The molecule has 0 spiro atoms. The van der Waals surface area contributed by atoms with E-state index in [9.17, 15) is 5.11 Å². The molecular weight excluding hydrogens is 220 g/mol. The lowest BCUT2D eigenvalue weighted by Crippen LogP contribution is -2.38. The van der Waals surface area contributed by atoms with E-state index in [2.05, 4.69) is 35.5 Å². The second-order valence-corrected chi connectivity index (χ2v) is 4.88. The van der Waals surface area contributed by atoms with Gasteiger partial charge in [0.15, 0.2) is 0 Å². The van der Waals surface area contributed by atoms with E-state index < -0.39 is 0 Å². The predicted octanol–water partition coefficient (Wildman–Crippen LogP) is 1.54. The summed E-state index contributed by atoms with van der Waals surface area (Å²) in [4.78, 5) is 3.55. The zero-order valence-corrected chi connectivity index (χ0v) is 11.0. The SMILES string of the molecule is CCN(CC)CC(O)CNCc1cccs1. The van der Waals surface area contributed by atoms with E-state index in [-0.39, 0.29) is 6.10 Å². The van der Waals surface area contributed by atoms with Crippen molar-refractivity contribution >= 4 is 11.3 Å². The second kappa shape index (κ2) is 7.79. The molecular formula is C12H22N2OS. The van der Waals surface area contributed by atoms with Gasteiger partial charge >= 0.3 is 0 Å². The van der Waals surface area contributed by atoms with Crippen LogP contribution in [0.1, 0.15) is 18.7 Å². The van der Waals surface area contributed by atoms with Crippen molar-refractivity contribution in [3.05, 3.63) is 22.4 Å². The summed E-state index contributed by atoms with van der Waals surface area (Å²) in [7, 11) is 0. The first-order valence-electron chi connectivity index (χ1n) is 5.89. The smallest absolute Gasteiger partial charge is 0.0791 e. The van der Waals surface area contributed by atoms with Crippen molar-refractivity contribution in [2.24, 2.45) is 0 Å². The van der Waals surface area contributed by atoms with Crippen LogP contribution in [0.5, 0.6) is 0 Å². The molecule has 3 nitrogen and oxygen atoms in total. The molecule has 0 aromatic carbocycles. The van der Waals surface area contributed by atoms with Gasteiger partial charge in [0.1, 0.15) is 0 Å². The van der Waals surface area contributed by atoms with Gasteiger partial charge < -0.3 is 15.3 Å². The Kier molecular flexibility index (Phi) is 6.64. The van der Waals surface area contributed by atoms with Crippen LogP contribution in [-0.2, 0) is 6.54 Å². The highest BCUT2D eigenvalue weighted by Crippen LogP contribution is 2.07. The fraction of sp³-hybridized carbons (Fsp3) is 0.667. The number of rotatable bonds is 8. The summed E-state index contributed by atoms with van der Waals surface area (Å²) in [6.07, 6.45) is -0.278. The molecule has 0 bridgehead atoms. The minimum Gasteiger partial charge on any atom is -0.390 e. The van der Waals surface area contributed by atoms with E-state index in [4.69, 9.17) is 0 Å². The highest BCUT2D eigenvalue weighted by molar-refractivity contribution is 7.09. The van der Waals surface area contributed by atoms with Crippen molar-refractivity contribution in [1.29, 1.82) is 0 Å². The number of nitrogens with zero attached hydrogens (tertiary/aromatic N) is 1. The van der Waals surface area contributed by atoms with Crippen molar-refractivity contribution in [2.75, 3.05) is 26.2 Å². The van der Waals surface area contributed by atoms with Crippen molar-refractivity contribution in [2.45, 2.75) is 26.5 Å². The molecule has 1 heterocycles. The highest BCUT2D eigenvalue weighted by atomic mass is 32.1. The molecule has 0 radical (unpaired) electrons. The fourth-order valence-electron chi connectivity index (χ4n) is 1.62. The highest BCUT2D eigenvalue weighted by Gasteiger charge is 2.08. The van der Waals surface area contributed by atoms with Crippen molar-refractivity contribution in [1.82, 2.24) is 10.2 Å². The summed E-state index contributed by atoms with van der Waals surface area (Å²) in [5.74, 6) is 0. The van der Waals surface area contributed by atoms with Gasteiger partial charge in [0.05, 0.1) is 6.10 Å². The maximum absolute atomic E-state index is 9.81. The lowest BCUT2D eigenvalue weighted by molar-refractivity contribution is 0.116. The van der Waals surface area contributed by atoms with Gasteiger partial charge in [-0.15, -0.1) is 11.3 Å². The zero-order valence-electron chi connectivity index (χ0n) is 10.1. The van der Waals surface area contributed by atoms with Gasteiger partial charge in [0.2, 0.25) is 0 Å². The van der Waals surface area contributed by atoms with Crippen LogP contribution in [0.15, 0.2) is 17.5 Å². The molecule has 1 unspecified atom stereocenters. The van der Waals surface area contributed by atoms with Crippen molar-refractivity contribution < 1.29 is 5.11 Å². The van der Waals surface area contributed by atoms with E-state index in [1.807, 2.05) is 6.07 Å². The molecule has 1 aromatic heterocycles. The standard InChI is InChI=1S/C12H22N2OS/c1-3-14(4-2)10-11(15)8-13-9-12-6-5-7-16-12/h5-7,11,13,15H,3-4,8-10H2,1-2H3. The molecule has 4 heteroatoms. The Hall–Kier alpha value is -0.420. The monoisotopic (exact) mass is 242 g/mol. The third kappa shape index (κ3) is 5.07. The normalized spacial score (nSPS) is 13.2. The molecule has 16 heavy (non-hydrogen) atoms. The number of hydrogen-bond acceptors (Lipinski definition) is 4. The van der Waals surface area contributed by atoms with E-state index in [0.717, 1.165) is 26.2 Å². The molecule has 0 aliphatic rings. The average molecular weight is 242 g/mol. The van der Waals surface area contributed by atoms with E-state index >= 15 is 0 Å². The summed E-state index contributed by atoms with van der Waals surface area (Å²) in [6.45, 7) is 8.51. The molecule has 92 valence electrons. The Morgan fingerprint density at radius 1 is 1.44 bits per heavy atom. The molecule has 0 aliphatic carbocycles. The Balaban J connectivity index is 2.12. The minimum absolute atomic E-state index is 0.278. The molecule has 0 saturated heterocycles. The average Bonchev–Trinajstić information content (AvgIpc) is 2.79. The first-order valence-corrected chi connectivity index (χ1v) is 6.77.